The van der Waals surface area contributed by atoms with E-state index < -0.39 is 0 Å². The van der Waals surface area contributed by atoms with Gasteiger partial charge in [-0.1, -0.05) is 42.0 Å². The number of rotatable bonds is 1. The van der Waals surface area contributed by atoms with Crippen molar-refractivity contribution >= 4 is 29.5 Å². The molecular weight excluding hydrogens is 266 g/mol. The van der Waals surface area contributed by atoms with Crippen LogP contribution in [-0.2, 0) is 0 Å². The first-order chi connectivity index (χ1) is 8.65. The molecule has 0 saturated carbocycles. The standard InChI is InChI=1S/C13H10ClN3S/c1-8-6-13(18)17-12(15-8)7-11(16-17)9-4-2-3-5-10(9)14/h2-7,16H,1H3. The highest BCUT2D eigenvalue weighted by atomic mass is 35.5. The maximum absolute atomic E-state index is 6.18. The summed E-state index contributed by atoms with van der Waals surface area (Å²) in [6, 6.07) is 11.5. The Labute approximate surface area is 114 Å². The number of nitrogens with one attached hydrogen (secondary N) is 1. The zero-order valence-corrected chi connectivity index (χ0v) is 11.2. The smallest absolute Gasteiger partial charge is 0.155 e. The van der Waals surface area contributed by atoms with Crippen molar-refractivity contribution < 1.29 is 0 Å². The van der Waals surface area contributed by atoms with Crippen LogP contribution in [0.3, 0.4) is 0 Å². The van der Waals surface area contributed by atoms with Gasteiger partial charge in [0.15, 0.2) is 5.65 Å². The molecule has 0 spiro atoms. The van der Waals surface area contributed by atoms with E-state index in [9.17, 15) is 0 Å². The Balaban J connectivity index is 2.30. The molecule has 3 nitrogen and oxygen atoms in total. The van der Waals surface area contributed by atoms with Gasteiger partial charge in [0.1, 0.15) is 4.64 Å². The van der Waals surface area contributed by atoms with E-state index in [1.807, 2.05) is 43.3 Å². The fraction of sp³-hybridized carbons (Fsp3) is 0.0769. The molecule has 3 rings (SSSR count). The SMILES string of the molecule is Cc1cc(=S)n2[nH]c(-c3ccccc3Cl)cc2n1. The molecule has 0 radical (unpaired) electrons. The van der Waals surface area contributed by atoms with Crippen molar-refractivity contribution in [3.05, 3.63) is 51.8 Å². The van der Waals surface area contributed by atoms with Crippen molar-refractivity contribution in [2.24, 2.45) is 0 Å². The molecule has 18 heavy (non-hydrogen) atoms. The average Bonchev–Trinajstić information content (AvgIpc) is 2.73. The number of H-pyrrole nitrogens is 1. The predicted octanol–water partition coefficient (Wildman–Crippen LogP) is 4.02. The van der Waals surface area contributed by atoms with Gasteiger partial charge in [-0.25, -0.2) is 9.50 Å². The number of aromatic amines is 1. The monoisotopic (exact) mass is 275 g/mol. The van der Waals surface area contributed by atoms with Crippen LogP contribution in [0.1, 0.15) is 5.69 Å². The van der Waals surface area contributed by atoms with Gasteiger partial charge in [-0.05, 0) is 19.1 Å². The third-order valence-electron chi connectivity index (χ3n) is 2.74. The minimum absolute atomic E-state index is 0.701. The van der Waals surface area contributed by atoms with E-state index in [-0.39, 0.29) is 0 Å². The molecule has 0 aliphatic carbocycles. The second-order valence-electron chi connectivity index (χ2n) is 4.08. The second kappa shape index (κ2) is 4.23. The van der Waals surface area contributed by atoms with Crippen LogP contribution in [0.2, 0.25) is 5.02 Å². The van der Waals surface area contributed by atoms with Crippen molar-refractivity contribution in [2.45, 2.75) is 6.92 Å². The number of aryl methyl sites for hydroxylation is 1. The Morgan fingerprint density at radius 3 is 2.83 bits per heavy atom. The molecule has 1 N–H and O–H groups in total. The zero-order chi connectivity index (χ0) is 12.7. The molecule has 0 aliphatic heterocycles. The van der Waals surface area contributed by atoms with Gasteiger partial charge in [-0.3, -0.25) is 5.10 Å². The molecule has 0 fully saturated rings. The van der Waals surface area contributed by atoms with Gasteiger partial charge < -0.3 is 0 Å². The van der Waals surface area contributed by atoms with Gasteiger partial charge in [-0.2, -0.15) is 0 Å². The maximum Gasteiger partial charge on any atom is 0.155 e. The number of hydrogen-bond acceptors (Lipinski definition) is 2. The highest BCUT2D eigenvalue weighted by molar-refractivity contribution is 7.71. The Morgan fingerprint density at radius 1 is 1.28 bits per heavy atom. The lowest BCUT2D eigenvalue weighted by Gasteiger charge is -1.99. The molecular formula is C13H10ClN3S. The van der Waals surface area contributed by atoms with Crippen LogP contribution in [-0.4, -0.2) is 14.6 Å². The van der Waals surface area contributed by atoms with Crippen molar-refractivity contribution in [1.82, 2.24) is 14.6 Å². The Bertz CT molecular complexity index is 788. The van der Waals surface area contributed by atoms with Gasteiger partial charge in [0.2, 0.25) is 0 Å². The van der Waals surface area contributed by atoms with Crippen LogP contribution in [0.25, 0.3) is 16.9 Å². The number of fused-ring (bicyclic) bond motifs is 1. The quantitative estimate of drug-likeness (QED) is 0.681. The predicted molar refractivity (Wildman–Crippen MR) is 75.6 cm³/mol. The Morgan fingerprint density at radius 2 is 2.06 bits per heavy atom. The average molecular weight is 276 g/mol. The fourth-order valence-corrected chi connectivity index (χ4v) is 2.48. The van der Waals surface area contributed by atoms with E-state index in [4.69, 9.17) is 23.8 Å². The van der Waals surface area contributed by atoms with Crippen molar-refractivity contribution in [2.75, 3.05) is 0 Å². The maximum atomic E-state index is 6.18. The van der Waals surface area contributed by atoms with Gasteiger partial charge in [0, 0.05) is 22.3 Å². The van der Waals surface area contributed by atoms with Crippen molar-refractivity contribution in [3.63, 3.8) is 0 Å². The molecule has 0 atom stereocenters. The summed E-state index contributed by atoms with van der Waals surface area (Å²) in [5.41, 5.74) is 3.56. The molecule has 3 aromatic rings. The van der Waals surface area contributed by atoms with E-state index in [2.05, 4.69) is 10.1 Å². The van der Waals surface area contributed by atoms with Crippen LogP contribution >= 0.6 is 23.8 Å². The van der Waals surface area contributed by atoms with E-state index >= 15 is 0 Å². The highest BCUT2D eigenvalue weighted by Gasteiger charge is 2.07. The minimum atomic E-state index is 0.701. The molecule has 2 aromatic heterocycles. The lowest BCUT2D eigenvalue weighted by Crippen LogP contribution is -1.93. The molecule has 90 valence electrons. The summed E-state index contributed by atoms with van der Waals surface area (Å²) in [7, 11) is 0. The zero-order valence-electron chi connectivity index (χ0n) is 9.64. The summed E-state index contributed by atoms with van der Waals surface area (Å²) < 4.78 is 2.48. The second-order valence-corrected chi connectivity index (χ2v) is 4.90. The summed E-state index contributed by atoms with van der Waals surface area (Å²) in [5.74, 6) is 0. The topological polar surface area (TPSA) is 33.1 Å². The lowest BCUT2D eigenvalue weighted by molar-refractivity contribution is 0.918. The fourth-order valence-electron chi connectivity index (χ4n) is 1.93. The molecule has 0 unspecified atom stereocenters. The van der Waals surface area contributed by atoms with Crippen LogP contribution in [0.4, 0.5) is 0 Å². The van der Waals surface area contributed by atoms with Crippen LogP contribution < -0.4 is 0 Å². The first-order valence-corrected chi connectivity index (χ1v) is 6.28. The van der Waals surface area contributed by atoms with Crippen molar-refractivity contribution in [1.29, 1.82) is 0 Å². The lowest BCUT2D eigenvalue weighted by atomic mass is 10.1. The van der Waals surface area contributed by atoms with Crippen LogP contribution in [0.15, 0.2) is 36.4 Å². The van der Waals surface area contributed by atoms with Gasteiger partial charge in [0.05, 0.1) is 5.69 Å². The number of hydrogen-bond donors (Lipinski definition) is 1. The summed E-state index contributed by atoms with van der Waals surface area (Å²) in [4.78, 5) is 4.43. The molecule has 1 aromatic carbocycles. The molecule has 0 bridgehead atoms. The van der Waals surface area contributed by atoms with Gasteiger partial charge >= 0.3 is 0 Å². The minimum Gasteiger partial charge on any atom is -0.291 e. The molecule has 0 amide bonds. The molecule has 2 heterocycles. The summed E-state index contributed by atoms with van der Waals surface area (Å²) in [5, 5.41) is 3.91. The third kappa shape index (κ3) is 1.83. The molecule has 0 aliphatic rings. The Hall–Kier alpha value is -1.65. The van der Waals surface area contributed by atoms with E-state index in [1.165, 1.54) is 0 Å². The summed E-state index contributed by atoms with van der Waals surface area (Å²) in [6.45, 7) is 1.93. The van der Waals surface area contributed by atoms with Crippen LogP contribution in [0.5, 0.6) is 0 Å². The van der Waals surface area contributed by atoms with Gasteiger partial charge in [-0.15, -0.1) is 0 Å². The van der Waals surface area contributed by atoms with Gasteiger partial charge in [0.25, 0.3) is 0 Å². The number of aromatic nitrogens is 3. The van der Waals surface area contributed by atoms with E-state index in [1.54, 1.807) is 4.52 Å². The molecule has 5 heteroatoms. The first kappa shape index (κ1) is 11.4. The normalized spacial score (nSPS) is 11.0. The largest absolute Gasteiger partial charge is 0.291 e. The number of benzene rings is 1. The number of nitrogens with zero attached hydrogens (tertiary/aromatic N) is 2. The first-order valence-electron chi connectivity index (χ1n) is 5.49. The summed E-state index contributed by atoms with van der Waals surface area (Å²) >= 11 is 11.5. The van der Waals surface area contributed by atoms with E-state index in [0.717, 1.165) is 22.6 Å². The third-order valence-corrected chi connectivity index (χ3v) is 3.37. The van der Waals surface area contributed by atoms with Crippen LogP contribution in [0, 0.1) is 11.6 Å². The number of halogens is 1. The summed E-state index contributed by atoms with van der Waals surface area (Å²) in [6.07, 6.45) is 0. The Kier molecular flexibility index (Phi) is 2.69. The van der Waals surface area contributed by atoms with Crippen molar-refractivity contribution in [3.8, 4) is 11.3 Å². The van der Waals surface area contributed by atoms with E-state index in [0.29, 0.717) is 9.66 Å². The molecule has 0 saturated heterocycles. The highest BCUT2D eigenvalue weighted by Crippen LogP contribution is 2.26.